The predicted octanol–water partition coefficient (Wildman–Crippen LogP) is 7.09. The molecule has 3 aromatic heterocycles. The molecule has 0 bridgehead atoms. The van der Waals surface area contributed by atoms with Crippen LogP contribution in [0.3, 0.4) is 0 Å². The van der Waals surface area contributed by atoms with E-state index in [-0.39, 0.29) is 33.7 Å². The molecule has 0 spiro atoms. The normalized spacial score (nSPS) is 14.5. The number of carbonyl (C=O) groups is 1. The molecule has 1 aliphatic heterocycles. The zero-order valence-corrected chi connectivity index (χ0v) is 25.3. The third-order valence-corrected chi connectivity index (χ3v) is 9.28. The topological polar surface area (TPSA) is 85.4 Å². The third kappa shape index (κ3) is 6.19. The van der Waals surface area contributed by atoms with E-state index >= 15 is 0 Å². The fourth-order valence-electron chi connectivity index (χ4n) is 5.66. The van der Waals surface area contributed by atoms with E-state index in [1.54, 1.807) is 18.6 Å². The lowest BCUT2D eigenvalue weighted by atomic mass is 9.89. The van der Waals surface area contributed by atoms with Crippen molar-refractivity contribution >= 4 is 39.3 Å². The molecule has 4 heterocycles. The molecule has 1 N–H and O–H groups in total. The first-order chi connectivity index (χ1) is 21.2. The third-order valence-electron chi connectivity index (χ3n) is 8.04. The Morgan fingerprint density at radius 2 is 1.89 bits per heavy atom. The Hall–Kier alpha value is -3.87. The van der Waals surface area contributed by atoms with Gasteiger partial charge in [0.2, 0.25) is 0 Å². The minimum atomic E-state index is -0.986. The number of halogens is 4. The van der Waals surface area contributed by atoms with Gasteiger partial charge in [0.25, 0.3) is 0 Å². The molecule has 0 radical (unpaired) electrons. The van der Waals surface area contributed by atoms with Crippen LogP contribution in [-0.2, 0) is 26.2 Å². The molecular formula is C31H29ClF3N5O3S. The first-order valence-corrected chi connectivity index (χ1v) is 15.4. The number of hydrogen-bond acceptors (Lipinski definition) is 6. The van der Waals surface area contributed by atoms with Crippen LogP contribution in [0.1, 0.15) is 58.0 Å². The van der Waals surface area contributed by atoms with Gasteiger partial charge in [-0.3, -0.25) is 4.90 Å². The van der Waals surface area contributed by atoms with Gasteiger partial charge < -0.3 is 19.0 Å². The summed E-state index contributed by atoms with van der Waals surface area (Å²) in [5.41, 5.74) is 2.33. The van der Waals surface area contributed by atoms with Crippen LogP contribution in [0.5, 0.6) is 5.75 Å². The molecule has 2 aromatic carbocycles. The largest absolute Gasteiger partial charge is 0.486 e. The lowest BCUT2D eigenvalue weighted by Gasteiger charge is -2.32. The zero-order chi connectivity index (χ0) is 31.0. The Morgan fingerprint density at radius 1 is 1.09 bits per heavy atom. The van der Waals surface area contributed by atoms with Crippen LogP contribution >= 0.6 is 22.9 Å². The number of piperidine rings is 1. The van der Waals surface area contributed by atoms with Crippen molar-refractivity contribution in [1.82, 2.24) is 24.0 Å². The van der Waals surface area contributed by atoms with E-state index in [9.17, 15) is 23.1 Å². The second-order valence-electron chi connectivity index (χ2n) is 10.8. The van der Waals surface area contributed by atoms with Crippen molar-refractivity contribution in [3.8, 4) is 5.75 Å². The maximum absolute atomic E-state index is 15.0. The number of aromatic nitrogens is 4. The molecule has 0 saturated carbocycles. The number of carboxylic acids is 1. The lowest BCUT2D eigenvalue weighted by Crippen LogP contribution is -2.33. The van der Waals surface area contributed by atoms with Crippen molar-refractivity contribution in [1.29, 1.82) is 0 Å². The highest BCUT2D eigenvalue weighted by Crippen LogP contribution is 2.35. The van der Waals surface area contributed by atoms with Gasteiger partial charge in [-0.25, -0.2) is 27.9 Å². The van der Waals surface area contributed by atoms with Gasteiger partial charge in [0, 0.05) is 29.4 Å². The van der Waals surface area contributed by atoms with E-state index in [0.29, 0.717) is 49.4 Å². The monoisotopic (exact) mass is 643 g/mol. The molecular weight excluding hydrogens is 615 g/mol. The van der Waals surface area contributed by atoms with Gasteiger partial charge in [-0.05, 0) is 68.6 Å². The van der Waals surface area contributed by atoms with E-state index in [1.807, 2.05) is 16.1 Å². The van der Waals surface area contributed by atoms with Crippen molar-refractivity contribution < 1.29 is 27.8 Å². The summed E-state index contributed by atoms with van der Waals surface area (Å²) >= 11 is 6.95. The summed E-state index contributed by atoms with van der Waals surface area (Å²) in [4.78, 5) is 23.8. The number of carboxylic acid groups (broad SMARTS) is 1. The quantitative estimate of drug-likeness (QED) is 0.175. The molecule has 13 heteroatoms. The molecule has 1 saturated heterocycles. The SMILES string of the molecule is CCn1cncc1Cn1c(CN2CCC(c3cc(OCc4ccc(Cl)cc4F)c(F)cc3F)CC2)nc2sc(C(=O)O)cc21. The number of imidazole rings is 2. The van der Waals surface area contributed by atoms with Crippen LogP contribution in [0.25, 0.3) is 10.3 Å². The van der Waals surface area contributed by atoms with Gasteiger partial charge in [0.15, 0.2) is 11.6 Å². The number of ether oxygens (including phenoxy) is 1. The lowest BCUT2D eigenvalue weighted by molar-refractivity contribution is 0.0702. The Morgan fingerprint density at radius 3 is 2.61 bits per heavy atom. The van der Waals surface area contributed by atoms with Crippen LogP contribution < -0.4 is 4.74 Å². The van der Waals surface area contributed by atoms with Gasteiger partial charge in [0.05, 0.1) is 30.6 Å². The van der Waals surface area contributed by atoms with Crippen molar-refractivity contribution in [3.63, 3.8) is 0 Å². The molecule has 0 aliphatic carbocycles. The molecule has 5 aromatic rings. The number of aromatic carboxylic acids is 1. The van der Waals surface area contributed by atoms with Crippen LogP contribution in [0.15, 0.2) is 48.9 Å². The molecule has 44 heavy (non-hydrogen) atoms. The van der Waals surface area contributed by atoms with E-state index in [1.165, 1.54) is 18.2 Å². The summed E-state index contributed by atoms with van der Waals surface area (Å²) < 4.78 is 53.3. The average molecular weight is 644 g/mol. The maximum atomic E-state index is 15.0. The van der Waals surface area contributed by atoms with Crippen molar-refractivity contribution in [2.75, 3.05) is 13.1 Å². The second-order valence-corrected chi connectivity index (χ2v) is 12.2. The second kappa shape index (κ2) is 12.6. The Bertz CT molecular complexity index is 1830. The van der Waals surface area contributed by atoms with Gasteiger partial charge in [-0.1, -0.05) is 17.7 Å². The number of likely N-dealkylation sites (tertiary alicyclic amines) is 1. The minimum absolute atomic E-state index is 0.132. The minimum Gasteiger partial charge on any atom is -0.486 e. The van der Waals surface area contributed by atoms with Crippen molar-refractivity contribution in [2.45, 2.75) is 51.9 Å². The number of aryl methyl sites for hydroxylation is 1. The fraction of sp³-hybridized carbons (Fsp3) is 0.323. The van der Waals surface area contributed by atoms with Crippen LogP contribution in [0.2, 0.25) is 5.02 Å². The summed E-state index contributed by atoms with van der Waals surface area (Å²) in [6.07, 6.45) is 4.84. The summed E-state index contributed by atoms with van der Waals surface area (Å²) in [6.45, 7) is 4.90. The highest BCUT2D eigenvalue weighted by Gasteiger charge is 2.27. The standard InChI is InChI=1S/C31H29ClF3N5O3S/c1-2-39-17-36-13-21(39)14-40-26-12-28(31(41)42)44-30(26)37-29(40)15-38-7-5-18(6-8-38)22-10-27(25(35)11-24(22)34)43-16-19-3-4-20(32)9-23(19)33/h3-4,9-13,17-18H,2,5-8,14-16H2,1H3,(H,41,42). The number of rotatable bonds is 10. The van der Waals surface area contributed by atoms with Crippen molar-refractivity contribution in [2.24, 2.45) is 0 Å². The van der Waals surface area contributed by atoms with E-state index in [4.69, 9.17) is 21.3 Å². The highest BCUT2D eigenvalue weighted by atomic mass is 35.5. The summed E-state index contributed by atoms with van der Waals surface area (Å²) in [7, 11) is 0. The molecule has 0 amide bonds. The molecule has 1 fully saturated rings. The van der Waals surface area contributed by atoms with Crippen LogP contribution in [-0.4, -0.2) is 48.2 Å². The number of thiophene rings is 1. The first-order valence-electron chi connectivity index (χ1n) is 14.2. The average Bonchev–Trinajstić information content (AvgIpc) is 3.70. The maximum Gasteiger partial charge on any atom is 0.346 e. The molecule has 1 aliphatic rings. The Balaban J connectivity index is 1.16. The molecule has 0 atom stereocenters. The molecule has 6 rings (SSSR count). The highest BCUT2D eigenvalue weighted by molar-refractivity contribution is 7.20. The van der Waals surface area contributed by atoms with Gasteiger partial charge >= 0.3 is 5.97 Å². The Labute approximate surface area is 260 Å². The summed E-state index contributed by atoms with van der Waals surface area (Å²) in [5.74, 6) is -2.51. The first kappa shape index (κ1) is 30.2. The van der Waals surface area contributed by atoms with E-state index in [2.05, 4.69) is 9.88 Å². The smallest absolute Gasteiger partial charge is 0.346 e. The van der Waals surface area contributed by atoms with Crippen LogP contribution in [0, 0.1) is 17.5 Å². The van der Waals surface area contributed by atoms with Gasteiger partial charge in [-0.2, -0.15) is 0 Å². The van der Waals surface area contributed by atoms with Gasteiger partial charge in [-0.15, -0.1) is 11.3 Å². The summed E-state index contributed by atoms with van der Waals surface area (Å²) in [5, 5.41) is 9.76. The van der Waals surface area contributed by atoms with Crippen molar-refractivity contribution in [3.05, 3.63) is 98.9 Å². The molecule has 230 valence electrons. The number of fused-ring (bicyclic) bond motifs is 1. The number of benzene rings is 2. The molecule has 0 unspecified atom stereocenters. The van der Waals surface area contributed by atoms with E-state index < -0.39 is 23.4 Å². The number of nitrogens with zero attached hydrogens (tertiary/aromatic N) is 5. The van der Waals surface area contributed by atoms with E-state index in [0.717, 1.165) is 47.0 Å². The van der Waals surface area contributed by atoms with Crippen LogP contribution in [0.4, 0.5) is 13.2 Å². The zero-order valence-electron chi connectivity index (χ0n) is 23.8. The fourth-order valence-corrected chi connectivity index (χ4v) is 6.71. The van der Waals surface area contributed by atoms with Gasteiger partial charge in [0.1, 0.15) is 33.8 Å². The molecule has 8 nitrogen and oxygen atoms in total. The number of hydrogen-bond donors (Lipinski definition) is 1. The Kier molecular flexibility index (Phi) is 8.66. The summed E-state index contributed by atoms with van der Waals surface area (Å²) in [6, 6.07) is 8.02. The predicted molar refractivity (Wildman–Crippen MR) is 161 cm³/mol.